The number of rotatable bonds is 3. The molecule has 1 aliphatic rings. The maximum atomic E-state index is 11.6. The minimum Gasteiger partial charge on any atom is -0.382 e. The van der Waals surface area contributed by atoms with Gasteiger partial charge >= 0.3 is 5.69 Å². The highest BCUT2D eigenvalue weighted by molar-refractivity contribution is 5.49. The summed E-state index contributed by atoms with van der Waals surface area (Å²) in [5.41, 5.74) is 0.393. The van der Waals surface area contributed by atoms with Gasteiger partial charge < -0.3 is 9.47 Å². The zero-order valence-corrected chi connectivity index (χ0v) is 9.73. The van der Waals surface area contributed by atoms with E-state index in [2.05, 4.69) is 4.98 Å². The summed E-state index contributed by atoms with van der Waals surface area (Å²) in [5, 5.41) is 0. The van der Waals surface area contributed by atoms with Crippen LogP contribution in [0.25, 0.3) is 5.70 Å². The minimum absolute atomic E-state index is 0.144. The number of aromatic nitrogens is 2. The van der Waals surface area contributed by atoms with Gasteiger partial charge in [0.25, 0.3) is 5.56 Å². The molecule has 17 heavy (non-hydrogen) atoms. The molecule has 2 heterocycles. The Labute approximate surface area is 97.5 Å². The maximum Gasteiger partial charge on any atom is 0.332 e. The van der Waals surface area contributed by atoms with Crippen LogP contribution in [0.2, 0.25) is 0 Å². The van der Waals surface area contributed by atoms with Gasteiger partial charge in [0.2, 0.25) is 0 Å². The summed E-state index contributed by atoms with van der Waals surface area (Å²) in [6.45, 7) is 2.43. The van der Waals surface area contributed by atoms with Crippen molar-refractivity contribution in [2.75, 3.05) is 20.3 Å². The summed E-state index contributed by atoms with van der Waals surface area (Å²) < 4.78 is 11.8. The second-order valence-corrected chi connectivity index (χ2v) is 3.90. The van der Waals surface area contributed by atoms with Gasteiger partial charge in [-0.1, -0.05) is 0 Å². The second kappa shape index (κ2) is 4.68. The molecule has 0 radical (unpaired) electrons. The van der Waals surface area contributed by atoms with Gasteiger partial charge in [0.15, 0.2) is 0 Å². The molecular formula is C11H14N2O4. The molecule has 0 unspecified atom stereocenters. The van der Waals surface area contributed by atoms with E-state index in [0.29, 0.717) is 18.8 Å². The number of methoxy groups -OCH3 is 1. The Balaban J connectivity index is 2.36. The van der Waals surface area contributed by atoms with Gasteiger partial charge in [-0.3, -0.25) is 14.3 Å². The predicted molar refractivity (Wildman–Crippen MR) is 61.9 cm³/mol. The van der Waals surface area contributed by atoms with Gasteiger partial charge in [0.1, 0.15) is 6.10 Å². The third-order valence-electron chi connectivity index (χ3n) is 2.58. The van der Waals surface area contributed by atoms with Crippen molar-refractivity contribution in [2.24, 2.45) is 0 Å². The fraction of sp³-hybridized carbons (Fsp3) is 0.455. The topological polar surface area (TPSA) is 73.3 Å². The zero-order chi connectivity index (χ0) is 12.4. The largest absolute Gasteiger partial charge is 0.382 e. The smallest absolute Gasteiger partial charge is 0.332 e. The Morgan fingerprint density at radius 2 is 2.35 bits per heavy atom. The van der Waals surface area contributed by atoms with Gasteiger partial charge in [0.05, 0.1) is 18.9 Å². The fourth-order valence-corrected chi connectivity index (χ4v) is 1.69. The van der Waals surface area contributed by atoms with Crippen molar-refractivity contribution in [3.05, 3.63) is 38.7 Å². The molecule has 2 rings (SSSR count). The van der Waals surface area contributed by atoms with E-state index in [1.165, 1.54) is 10.8 Å². The highest BCUT2D eigenvalue weighted by Crippen LogP contribution is 2.14. The maximum absolute atomic E-state index is 11.6. The predicted octanol–water partition coefficient (Wildman–Crippen LogP) is -0.269. The van der Waals surface area contributed by atoms with Gasteiger partial charge in [0, 0.05) is 18.9 Å². The molecule has 6 heteroatoms. The zero-order valence-electron chi connectivity index (χ0n) is 9.73. The summed E-state index contributed by atoms with van der Waals surface area (Å²) in [4.78, 5) is 25.1. The lowest BCUT2D eigenvalue weighted by Gasteiger charge is -2.05. The summed E-state index contributed by atoms with van der Waals surface area (Å²) in [6.07, 6.45) is 3.20. The van der Waals surface area contributed by atoms with Gasteiger partial charge in [-0.25, -0.2) is 4.79 Å². The first kappa shape index (κ1) is 11.8. The second-order valence-electron chi connectivity index (χ2n) is 3.90. The Bertz CT molecular complexity index is 555. The molecule has 0 bridgehead atoms. The number of ether oxygens (including phenoxy) is 2. The first-order valence-electron chi connectivity index (χ1n) is 5.26. The number of aryl methyl sites for hydroxylation is 1. The molecule has 6 nitrogen and oxygen atoms in total. The molecule has 0 amide bonds. The molecule has 0 aromatic carbocycles. The average Bonchev–Trinajstić information content (AvgIpc) is 2.72. The number of hydrogen-bond donors (Lipinski definition) is 1. The fourth-order valence-electron chi connectivity index (χ4n) is 1.69. The molecule has 0 saturated heterocycles. The Morgan fingerprint density at radius 3 is 3.06 bits per heavy atom. The van der Waals surface area contributed by atoms with Crippen LogP contribution in [0, 0.1) is 6.92 Å². The molecule has 1 atom stereocenters. The SMILES string of the molecule is COC[C@@H]1C=C(n2cc(C)c(=O)[nH]c2=O)CO1. The van der Waals surface area contributed by atoms with Crippen LogP contribution in [0.1, 0.15) is 5.56 Å². The van der Waals surface area contributed by atoms with Crippen LogP contribution in [0.5, 0.6) is 0 Å². The lowest BCUT2D eigenvalue weighted by molar-refractivity contribution is 0.0526. The number of aromatic amines is 1. The van der Waals surface area contributed by atoms with Crippen LogP contribution in [0.15, 0.2) is 21.9 Å². The summed E-state index contributed by atoms with van der Waals surface area (Å²) in [5.74, 6) is 0. The van der Waals surface area contributed by atoms with E-state index in [0.717, 1.165) is 5.70 Å². The summed E-state index contributed by atoms with van der Waals surface area (Å²) >= 11 is 0. The monoisotopic (exact) mass is 238 g/mol. The summed E-state index contributed by atoms with van der Waals surface area (Å²) in [6, 6.07) is 0. The minimum atomic E-state index is -0.450. The van der Waals surface area contributed by atoms with Crippen molar-refractivity contribution in [1.29, 1.82) is 0 Å². The molecule has 0 spiro atoms. The third-order valence-corrected chi connectivity index (χ3v) is 2.58. The van der Waals surface area contributed by atoms with Crippen LogP contribution in [-0.2, 0) is 9.47 Å². The van der Waals surface area contributed by atoms with Crippen molar-refractivity contribution >= 4 is 5.70 Å². The quantitative estimate of drug-likeness (QED) is 0.786. The third kappa shape index (κ3) is 2.37. The Hall–Kier alpha value is -1.66. The van der Waals surface area contributed by atoms with E-state index >= 15 is 0 Å². The standard InChI is InChI=1S/C11H14N2O4/c1-7-4-13(11(15)12-10(7)14)8-3-9(6-16-2)17-5-8/h3-4,9H,5-6H2,1-2H3,(H,12,14,15)/t9-/m0/s1. The average molecular weight is 238 g/mol. The Kier molecular flexibility index (Phi) is 3.26. The van der Waals surface area contributed by atoms with Gasteiger partial charge in [-0.2, -0.15) is 0 Å². The van der Waals surface area contributed by atoms with Crippen LogP contribution >= 0.6 is 0 Å². The van der Waals surface area contributed by atoms with E-state index in [1.54, 1.807) is 14.0 Å². The molecular weight excluding hydrogens is 224 g/mol. The van der Waals surface area contributed by atoms with Crippen LogP contribution < -0.4 is 11.2 Å². The lowest BCUT2D eigenvalue weighted by atomic mass is 10.3. The lowest BCUT2D eigenvalue weighted by Crippen LogP contribution is -2.30. The molecule has 0 saturated carbocycles. The van der Waals surface area contributed by atoms with E-state index in [9.17, 15) is 9.59 Å². The highest BCUT2D eigenvalue weighted by Gasteiger charge is 2.18. The molecule has 1 aromatic rings. The molecule has 92 valence electrons. The number of nitrogens with one attached hydrogen (secondary N) is 1. The van der Waals surface area contributed by atoms with Crippen molar-refractivity contribution in [3.8, 4) is 0 Å². The first-order valence-corrected chi connectivity index (χ1v) is 5.26. The highest BCUT2D eigenvalue weighted by atomic mass is 16.5. The van der Waals surface area contributed by atoms with Crippen molar-refractivity contribution in [1.82, 2.24) is 9.55 Å². The molecule has 0 fully saturated rings. The van der Waals surface area contributed by atoms with Gasteiger partial charge in [-0.15, -0.1) is 0 Å². The first-order chi connectivity index (χ1) is 8.11. The van der Waals surface area contributed by atoms with E-state index < -0.39 is 5.69 Å². The van der Waals surface area contributed by atoms with Gasteiger partial charge in [-0.05, 0) is 13.0 Å². The van der Waals surface area contributed by atoms with Crippen molar-refractivity contribution < 1.29 is 9.47 Å². The summed E-state index contributed by atoms with van der Waals surface area (Å²) in [7, 11) is 1.59. The number of H-pyrrole nitrogens is 1. The molecule has 1 N–H and O–H groups in total. The molecule has 1 aromatic heterocycles. The van der Waals surface area contributed by atoms with Crippen molar-refractivity contribution in [2.45, 2.75) is 13.0 Å². The normalized spacial score (nSPS) is 19.4. The van der Waals surface area contributed by atoms with E-state index in [1.807, 2.05) is 6.08 Å². The van der Waals surface area contributed by atoms with E-state index in [-0.39, 0.29) is 11.7 Å². The molecule has 0 aliphatic carbocycles. The number of hydrogen-bond acceptors (Lipinski definition) is 4. The van der Waals surface area contributed by atoms with E-state index in [4.69, 9.17) is 9.47 Å². The van der Waals surface area contributed by atoms with Crippen LogP contribution in [0.3, 0.4) is 0 Å². The van der Waals surface area contributed by atoms with Crippen LogP contribution in [0.4, 0.5) is 0 Å². The van der Waals surface area contributed by atoms with Crippen molar-refractivity contribution in [3.63, 3.8) is 0 Å². The van der Waals surface area contributed by atoms with Crippen LogP contribution in [-0.4, -0.2) is 36.0 Å². The Morgan fingerprint density at radius 1 is 1.59 bits per heavy atom. The molecule has 1 aliphatic heterocycles. The number of nitrogens with zero attached hydrogens (tertiary/aromatic N) is 1.